The molecule has 168 valence electrons. The minimum Gasteiger partial charge on any atom is -0.488 e. The van der Waals surface area contributed by atoms with Crippen LogP contribution >= 0.6 is 0 Å². The van der Waals surface area contributed by atoms with E-state index in [9.17, 15) is 19.2 Å². The zero-order valence-corrected chi connectivity index (χ0v) is 17.8. The summed E-state index contributed by atoms with van der Waals surface area (Å²) in [7, 11) is 0. The largest absolute Gasteiger partial charge is 0.488 e. The molecular weight excluding hydrogens is 404 g/mol. The molecule has 9 nitrogen and oxygen atoms in total. The Morgan fingerprint density at radius 3 is 2.39 bits per heavy atom. The van der Waals surface area contributed by atoms with Crippen molar-refractivity contribution in [3.63, 3.8) is 0 Å². The Hall–Kier alpha value is -3.36. The van der Waals surface area contributed by atoms with Gasteiger partial charge in [0, 0.05) is 19.6 Å². The molecular formula is C22H28N2O7. The molecule has 0 aliphatic rings. The average Bonchev–Trinajstić information content (AvgIpc) is 2.78. The van der Waals surface area contributed by atoms with Crippen molar-refractivity contribution >= 4 is 17.7 Å². The minimum atomic E-state index is -0.666. The van der Waals surface area contributed by atoms with Gasteiger partial charge in [0.05, 0.1) is 19.6 Å². The molecule has 0 aromatic heterocycles. The first-order chi connectivity index (χ1) is 15.0. The van der Waals surface area contributed by atoms with Gasteiger partial charge < -0.3 is 24.4 Å². The van der Waals surface area contributed by atoms with Crippen LogP contribution in [0.5, 0.6) is 5.75 Å². The number of rotatable bonds is 13. The summed E-state index contributed by atoms with van der Waals surface area (Å²) in [6.45, 7) is 4.93. The second kappa shape index (κ2) is 12.4. The van der Waals surface area contributed by atoms with Crippen LogP contribution in [-0.4, -0.2) is 44.9 Å². The molecule has 0 spiro atoms. The molecule has 0 saturated carbocycles. The van der Waals surface area contributed by atoms with E-state index in [-0.39, 0.29) is 44.2 Å². The fourth-order valence-electron chi connectivity index (χ4n) is 2.95. The minimum absolute atomic E-state index is 0.0200. The topological polar surface area (TPSA) is 111 Å². The number of amides is 1. The first-order valence-electron chi connectivity index (χ1n) is 10.3. The normalized spacial score (nSPS) is 10.5. The van der Waals surface area contributed by atoms with Crippen LogP contribution in [0.3, 0.4) is 0 Å². The number of esters is 1. The molecule has 31 heavy (non-hydrogen) atoms. The van der Waals surface area contributed by atoms with Crippen molar-refractivity contribution in [2.24, 2.45) is 0 Å². The number of nitrogens with zero attached hydrogens (tertiary/aromatic N) is 1. The highest BCUT2D eigenvalue weighted by atomic mass is 16.5. The van der Waals surface area contributed by atoms with E-state index in [1.54, 1.807) is 18.7 Å². The number of ether oxygens (including phenoxy) is 3. The highest BCUT2D eigenvalue weighted by Gasteiger charge is 2.27. The molecule has 0 aliphatic heterocycles. The van der Waals surface area contributed by atoms with E-state index < -0.39 is 22.9 Å². The third-order valence-corrected chi connectivity index (χ3v) is 4.43. The molecule has 2 aromatic rings. The van der Waals surface area contributed by atoms with Crippen LogP contribution in [0.25, 0.3) is 0 Å². The van der Waals surface area contributed by atoms with Gasteiger partial charge in [0.15, 0.2) is 5.75 Å². The molecule has 1 amide bonds. The van der Waals surface area contributed by atoms with Crippen LogP contribution < -0.4 is 25.8 Å². The van der Waals surface area contributed by atoms with Gasteiger partial charge in [-0.05, 0) is 25.8 Å². The van der Waals surface area contributed by atoms with Crippen molar-refractivity contribution in [1.29, 1.82) is 0 Å². The molecule has 0 fully saturated rings. The predicted molar refractivity (Wildman–Crippen MR) is 115 cm³/mol. The van der Waals surface area contributed by atoms with Gasteiger partial charge in [-0.2, -0.15) is 0 Å². The number of alkyl carbamates (subject to hydrolysis) is 1. The maximum absolute atomic E-state index is 12.1. The molecule has 0 heterocycles. The maximum atomic E-state index is 12.1. The first kappa shape index (κ1) is 23.9. The molecule has 0 bridgehead atoms. The molecule has 0 aliphatic carbocycles. The third-order valence-electron chi connectivity index (χ3n) is 4.43. The second-order valence-electron chi connectivity index (χ2n) is 6.65. The number of benzene rings is 1. The summed E-state index contributed by atoms with van der Waals surface area (Å²) in [6, 6.07) is 9.31. The Kier molecular flexibility index (Phi) is 9.54. The zero-order chi connectivity index (χ0) is 22.6. The monoisotopic (exact) mass is 432 g/mol. The van der Waals surface area contributed by atoms with Gasteiger partial charge in [-0.3, -0.25) is 14.4 Å². The van der Waals surface area contributed by atoms with Crippen molar-refractivity contribution in [3.05, 3.63) is 56.3 Å². The predicted octanol–water partition coefficient (Wildman–Crippen LogP) is 1.76. The van der Waals surface area contributed by atoms with E-state index in [4.69, 9.17) is 14.2 Å². The van der Waals surface area contributed by atoms with Crippen molar-refractivity contribution in [1.82, 2.24) is 5.32 Å². The van der Waals surface area contributed by atoms with Gasteiger partial charge in [0.1, 0.15) is 12.3 Å². The van der Waals surface area contributed by atoms with E-state index in [0.29, 0.717) is 19.5 Å². The lowest BCUT2D eigenvalue weighted by Crippen LogP contribution is -2.43. The number of nitrogens with one attached hydrogen (secondary N) is 1. The number of carbonyl (C=O) groups excluding carboxylic acids is 2. The molecule has 0 radical (unpaired) electrons. The van der Waals surface area contributed by atoms with E-state index >= 15 is 0 Å². The summed E-state index contributed by atoms with van der Waals surface area (Å²) < 4.78 is 15.4. The summed E-state index contributed by atoms with van der Waals surface area (Å²) in [4.78, 5) is 49.1. The first-order valence-corrected chi connectivity index (χ1v) is 10.3. The standard InChI is InChI=1S/C22H28N2O7/c1-3-29-17(25)11-14-24(18-19(26)20(27)21(18)30-4-2)13-8-12-23-22(28)31-15-16-9-6-5-7-10-16/h5-7,9-10H,3-4,8,11-15H2,1-2H3,(H,23,28). The molecule has 0 saturated heterocycles. The Labute approximate surface area is 180 Å². The Balaban J connectivity index is 1.87. The molecule has 2 rings (SSSR count). The fourth-order valence-corrected chi connectivity index (χ4v) is 2.95. The van der Waals surface area contributed by atoms with Crippen molar-refractivity contribution in [3.8, 4) is 5.75 Å². The van der Waals surface area contributed by atoms with Gasteiger partial charge in [-0.25, -0.2) is 4.79 Å². The van der Waals surface area contributed by atoms with E-state index in [1.165, 1.54) is 0 Å². The summed E-state index contributed by atoms with van der Waals surface area (Å²) in [5, 5.41) is 2.65. The number of carbonyl (C=O) groups is 2. The van der Waals surface area contributed by atoms with Crippen LogP contribution in [0.4, 0.5) is 10.5 Å². The molecule has 2 aromatic carbocycles. The second-order valence-corrected chi connectivity index (χ2v) is 6.65. The lowest BCUT2D eigenvalue weighted by Gasteiger charge is -2.26. The van der Waals surface area contributed by atoms with Crippen molar-refractivity contribution in [2.75, 3.05) is 37.7 Å². The molecule has 9 heteroatoms. The van der Waals surface area contributed by atoms with Gasteiger partial charge in [-0.15, -0.1) is 0 Å². The van der Waals surface area contributed by atoms with Gasteiger partial charge in [0.25, 0.3) is 10.9 Å². The Bertz CT molecular complexity index is 920. The summed E-state index contributed by atoms with van der Waals surface area (Å²) in [6.07, 6.45) is -0.0238. The van der Waals surface area contributed by atoms with Crippen LogP contribution in [0.1, 0.15) is 32.3 Å². The lowest BCUT2D eigenvalue weighted by atomic mass is 10.1. The Morgan fingerprint density at radius 1 is 0.968 bits per heavy atom. The van der Waals surface area contributed by atoms with E-state index in [0.717, 1.165) is 5.56 Å². The highest BCUT2D eigenvalue weighted by molar-refractivity contribution is 5.71. The van der Waals surface area contributed by atoms with Crippen LogP contribution in [0.2, 0.25) is 0 Å². The summed E-state index contributed by atoms with van der Waals surface area (Å²) in [5.74, 6) is -0.377. The molecule has 0 unspecified atom stereocenters. The lowest BCUT2D eigenvalue weighted by molar-refractivity contribution is -0.142. The Morgan fingerprint density at radius 2 is 1.71 bits per heavy atom. The maximum Gasteiger partial charge on any atom is 0.407 e. The van der Waals surface area contributed by atoms with E-state index in [2.05, 4.69) is 5.32 Å². The van der Waals surface area contributed by atoms with Crippen LogP contribution in [0.15, 0.2) is 39.9 Å². The van der Waals surface area contributed by atoms with Gasteiger partial charge >= 0.3 is 12.1 Å². The number of hydrogen-bond donors (Lipinski definition) is 1. The quantitative estimate of drug-likeness (QED) is 0.290. The number of hydrogen-bond acceptors (Lipinski definition) is 8. The number of anilines is 1. The SMILES string of the molecule is CCOC(=O)CCN(CCCNC(=O)OCc1ccccc1)c1c(OCC)c(=O)c1=O. The van der Waals surface area contributed by atoms with Gasteiger partial charge in [-0.1, -0.05) is 30.3 Å². The molecule has 1 N–H and O–H groups in total. The zero-order valence-electron chi connectivity index (χ0n) is 17.8. The fraction of sp³-hybridized carbons (Fsp3) is 0.455. The average molecular weight is 432 g/mol. The summed E-state index contributed by atoms with van der Waals surface area (Å²) in [5.41, 5.74) is -0.253. The van der Waals surface area contributed by atoms with Crippen LogP contribution in [0, 0.1) is 0 Å². The van der Waals surface area contributed by atoms with Crippen molar-refractivity contribution in [2.45, 2.75) is 33.3 Å². The smallest absolute Gasteiger partial charge is 0.407 e. The summed E-state index contributed by atoms with van der Waals surface area (Å²) >= 11 is 0. The van der Waals surface area contributed by atoms with E-state index in [1.807, 2.05) is 30.3 Å². The van der Waals surface area contributed by atoms with Gasteiger partial charge in [0.2, 0.25) is 0 Å². The third kappa shape index (κ3) is 7.13. The highest BCUT2D eigenvalue weighted by Crippen LogP contribution is 2.23. The van der Waals surface area contributed by atoms with Crippen molar-refractivity contribution < 1.29 is 23.8 Å². The molecule has 0 atom stereocenters. The van der Waals surface area contributed by atoms with Crippen LogP contribution in [-0.2, 0) is 20.9 Å².